The highest BCUT2D eigenvalue weighted by Crippen LogP contribution is 2.32. The molecule has 0 saturated carbocycles. The van der Waals surface area contributed by atoms with Crippen LogP contribution in [-0.2, 0) is 9.53 Å². The van der Waals surface area contributed by atoms with Crippen molar-refractivity contribution in [2.45, 2.75) is 20.3 Å². The molecule has 1 heterocycles. The molecule has 2 atom stereocenters. The Morgan fingerprint density at radius 3 is 2.85 bits per heavy atom. The standard InChI is InChI=1S/C11H16O2/c1-7(2)8-3-9-5-13-6-10(4-8)11(9)12/h3,7,9-10H,4-6H2,1-2H3. The number of carbonyl (C=O) groups excluding carboxylic acids is 1. The third-order valence-electron chi connectivity index (χ3n) is 3.02. The van der Waals surface area contributed by atoms with Crippen LogP contribution in [0.4, 0.5) is 0 Å². The molecule has 2 heteroatoms. The van der Waals surface area contributed by atoms with E-state index in [9.17, 15) is 4.79 Å². The largest absolute Gasteiger partial charge is 0.380 e. The molecule has 1 saturated heterocycles. The first kappa shape index (κ1) is 8.95. The van der Waals surface area contributed by atoms with Crippen LogP contribution < -0.4 is 0 Å². The molecule has 2 aliphatic rings. The van der Waals surface area contributed by atoms with Crippen LogP contribution in [0, 0.1) is 17.8 Å². The maximum atomic E-state index is 11.7. The lowest BCUT2D eigenvalue weighted by Gasteiger charge is -2.33. The van der Waals surface area contributed by atoms with Crippen LogP contribution in [0.2, 0.25) is 0 Å². The molecular weight excluding hydrogens is 164 g/mol. The van der Waals surface area contributed by atoms with Gasteiger partial charge >= 0.3 is 0 Å². The van der Waals surface area contributed by atoms with Gasteiger partial charge in [-0.25, -0.2) is 0 Å². The van der Waals surface area contributed by atoms with Crippen molar-refractivity contribution in [1.82, 2.24) is 0 Å². The maximum absolute atomic E-state index is 11.7. The van der Waals surface area contributed by atoms with Gasteiger partial charge in [0.05, 0.1) is 19.1 Å². The number of rotatable bonds is 1. The Morgan fingerprint density at radius 1 is 1.46 bits per heavy atom. The lowest BCUT2D eigenvalue weighted by atomic mass is 9.77. The van der Waals surface area contributed by atoms with Crippen LogP contribution in [-0.4, -0.2) is 19.0 Å². The van der Waals surface area contributed by atoms with Crippen LogP contribution in [0.5, 0.6) is 0 Å². The van der Waals surface area contributed by atoms with Gasteiger partial charge in [-0.1, -0.05) is 25.5 Å². The van der Waals surface area contributed by atoms with Crippen LogP contribution in [0.3, 0.4) is 0 Å². The average molecular weight is 180 g/mol. The fraction of sp³-hybridized carbons (Fsp3) is 0.727. The minimum Gasteiger partial charge on any atom is -0.380 e. The first-order chi connectivity index (χ1) is 6.18. The summed E-state index contributed by atoms with van der Waals surface area (Å²) in [6, 6.07) is 0. The number of ketones is 1. The van der Waals surface area contributed by atoms with Crippen molar-refractivity contribution in [2.24, 2.45) is 17.8 Å². The number of carbonyl (C=O) groups is 1. The number of ether oxygens (including phenoxy) is 1. The summed E-state index contributed by atoms with van der Waals surface area (Å²) in [6.07, 6.45) is 3.05. The summed E-state index contributed by atoms with van der Waals surface area (Å²) in [7, 11) is 0. The van der Waals surface area contributed by atoms with E-state index < -0.39 is 0 Å². The summed E-state index contributed by atoms with van der Waals surface area (Å²) in [5.41, 5.74) is 1.44. The Labute approximate surface area is 79.0 Å². The number of hydrogen-bond acceptors (Lipinski definition) is 2. The minimum atomic E-state index is 0.0601. The number of hydrogen-bond donors (Lipinski definition) is 0. The van der Waals surface area contributed by atoms with E-state index in [1.807, 2.05) is 0 Å². The van der Waals surface area contributed by atoms with Crippen molar-refractivity contribution >= 4 is 5.78 Å². The van der Waals surface area contributed by atoms with Gasteiger partial charge in [-0.05, 0) is 12.3 Å². The molecule has 0 N–H and O–H groups in total. The van der Waals surface area contributed by atoms with Gasteiger partial charge in [0.2, 0.25) is 0 Å². The van der Waals surface area contributed by atoms with Crippen LogP contribution >= 0.6 is 0 Å². The molecule has 0 aromatic rings. The average Bonchev–Trinajstić information content (AvgIpc) is 2.02. The molecule has 2 unspecified atom stereocenters. The molecule has 0 aromatic heterocycles. The van der Waals surface area contributed by atoms with E-state index in [1.54, 1.807) is 0 Å². The molecule has 13 heavy (non-hydrogen) atoms. The van der Waals surface area contributed by atoms with E-state index >= 15 is 0 Å². The Hall–Kier alpha value is -0.630. The summed E-state index contributed by atoms with van der Waals surface area (Å²) in [4.78, 5) is 11.7. The highest BCUT2D eigenvalue weighted by Gasteiger charge is 2.35. The highest BCUT2D eigenvalue weighted by atomic mass is 16.5. The monoisotopic (exact) mass is 180 g/mol. The zero-order valence-corrected chi connectivity index (χ0v) is 8.25. The zero-order chi connectivity index (χ0) is 9.42. The molecule has 0 amide bonds. The number of allylic oxidation sites excluding steroid dienone is 1. The number of Topliss-reactive ketones (excluding diaryl/α,β-unsaturated/α-hetero) is 1. The quantitative estimate of drug-likeness (QED) is 0.575. The van der Waals surface area contributed by atoms with Gasteiger partial charge in [-0.3, -0.25) is 4.79 Å². The van der Waals surface area contributed by atoms with Gasteiger partial charge in [-0.2, -0.15) is 0 Å². The molecule has 0 spiro atoms. The van der Waals surface area contributed by atoms with E-state index in [2.05, 4.69) is 19.9 Å². The van der Waals surface area contributed by atoms with Crippen LogP contribution in [0.15, 0.2) is 11.6 Å². The van der Waals surface area contributed by atoms with Gasteiger partial charge < -0.3 is 4.74 Å². The van der Waals surface area contributed by atoms with E-state index in [-0.39, 0.29) is 11.8 Å². The second kappa shape index (κ2) is 3.26. The van der Waals surface area contributed by atoms with Gasteiger partial charge in [0.15, 0.2) is 0 Å². The van der Waals surface area contributed by atoms with Gasteiger partial charge in [-0.15, -0.1) is 0 Å². The smallest absolute Gasteiger partial charge is 0.147 e. The van der Waals surface area contributed by atoms with E-state index in [4.69, 9.17) is 4.74 Å². The molecular formula is C11H16O2. The minimum absolute atomic E-state index is 0.0601. The SMILES string of the molecule is CC(C)C1=CC2COCC(C1)C2=O. The van der Waals surface area contributed by atoms with Crippen molar-refractivity contribution in [3.63, 3.8) is 0 Å². The molecule has 72 valence electrons. The van der Waals surface area contributed by atoms with Crippen molar-refractivity contribution in [2.75, 3.05) is 13.2 Å². The van der Waals surface area contributed by atoms with Crippen LogP contribution in [0.25, 0.3) is 0 Å². The second-order valence-corrected chi connectivity index (χ2v) is 4.34. The fourth-order valence-corrected chi connectivity index (χ4v) is 2.13. The molecule has 2 rings (SSSR count). The maximum Gasteiger partial charge on any atom is 0.147 e. The highest BCUT2D eigenvalue weighted by molar-refractivity contribution is 5.87. The summed E-state index contributed by atoms with van der Waals surface area (Å²) < 4.78 is 5.37. The Kier molecular flexibility index (Phi) is 2.24. The van der Waals surface area contributed by atoms with E-state index in [0.717, 1.165) is 6.42 Å². The molecule has 2 bridgehead atoms. The molecule has 1 aliphatic carbocycles. The molecule has 0 aromatic carbocycles. The summed E-state index contributed by atoms with van der Waals surface area (Å²) in [5.74, 6) is 1.19. The third kappa shape index (κ3) is 1.55. The van der Waals surface area contributed by atoms with Gasteiger partial charge in [0.1, 0.15) is 5.78 Å². The fourth-order valence-electron chi connectivity index (χ4n) is 2.13. The first-order valence-electron chi connectivity index (χ1n) is 5.00. The predicted octanol–water partition coefficient (Wildman–Crippen LogP) is 1.80. The van der Waals surface area contributed by atoms with E-state index in [0.29, 0.717) is 24.9 Å². The van der Waals surface area contributed by atoms with Crippen LogP contribution in [0.1, 0.15) is 20.3 Å². The lowest BCUT2D eigenvalue weighted by molar-refractivity contribution is -0.135. The zero-order valence-electron chi connectivity index (χ0n) is 8.25. The number of fused-ring (bicyclic) bond motifs is 2. The predicted molar refractivity (Wildman–Crippen MR) is 50.3 cm³/mol. The van der Waals surface area contributed by atoms with Crippen molar-refractivity contribution in [1.29, 1.82) is 0 Å². The van der Waals surface area contributed by atoms with E-state index in [1.165, 1.54) is 5.57 Å². The van der Waals surface area contributed by atoms with Gasteiger partial charge in [0, 0.05) is 5.92 Å². The third-order valence-corrected chi connectivity index (χ3v) is 3.02. The summed E-state index contributed by atoms with van der Waals surface area (Å²) in [5, 5.41) is 0. The molecule has 1 fully saturated rings. The topological polar surface area (TPSA) is 26.3 Å². The summed E-state index contributed by atoms with van der Waals surface area (Å²) in [6.45, 7) is 5.63. The Balaban J connectivity index is 2.23. The van der Waals surface area contributed by atoms with Crippen molar-refractivity contribution < 1.29 is 9.53 Å². The van der Waals surface area contributed by atoms with Crippen molar-refractivity contribution in [3.8, 4) is 0 Å². The molecule has 0 radical (unpaired) electrons. The first-order valence-corrected chi connectivity index (χ1v) is 5.00. The molecule has 2 nitrogen and oxygen atoms in total. The Bertz CT molecular complexity index is 253. The summed E-state index contributed by atoms with van der Waals surface area (Å²) >= 11 is 0. The molecule has 1 aliphatic heterocycles. The normalized spacial score (nSPS) is 33.5. The van der Waals surface area contributed by atoms with Gasteiger partial charge in [0.25, 0.3) is 0 Å². The van der Waals surface area contributed by atoms with Crippen molar-refractivity contribution in [3.05, 3.63) is 11.6 Å². The Morgan fingerprint density at radius 2 is 2.23 bits per heavy atom. The second-order valence-electron chi connectivity index (χ2n) is 4.34. The lowest BCUT2D eigenvalue weighted by Crippen LogP contribution is -2.38.